The molecule has 0 radical (unpaired) electrons. The molecular formula is C11H14ClNO. The van der Waals surface area contributed by atoms with Crippen LogP contribution in [0.1, 0.15) is 18.5 Å². The number of aromatic hydroxyl groups is 1. The van der Waals surface area contributed by atoms with Crippen LogP contribution in [0.4, 0.5) is 0 Å². The van der Waals surface area contributed by atoms with Crippen LogP contribution >= 0.6 is 11.6 Å². The molecule has 2 N–H and O–H groups in total. The van der Waals surface area contributed by atoms with E-state index < -0.39 is 0 Å². The summed E-state index contributed by atoms with van der Waals surface area (Å²) in [7, 11) is 0. The zero-order chi connectivity index (χ0) is 10.6. The predicted octanol–water partition coefficient (Wildman–Crippen LogP) is 2.88. The average molecular weight is 212 g/mol. The van der Waals surface area contributed by atoms with Gasteiger partial charge in [-0.05, 0) is 25.1 Å². The Kier molecular flexibility index (Phi) is 3.98. The molecule has 1 unspecified atom stereocenters. The highest BCUT2D eigenvalue weighted by molar-refractivity contribution is 6.30. The number of halogens is 1. The van der Waals surface area contributed by atoms with Gasteiger partial charge in [-0.25, -0.2) is 0 Å². The van der Waals surface area contributed by atoms with Gasteiger partial charge < -0.3 is 10.4 Å². The Labute approximate surface area is 89.2 Å². The molecule has 76 valence electrons. The van der Waals surface area contributed by atoms with E-state index in [1.165, 1.54) is 0 Å². The van der Waals surface area contributed by atoms with Crippen molar-refractivity contribution in [3.63, 3.8) is 0 Å². The summed E-state index contributed by atoms with van der Waals surface area (Å²) >= 11 is 5.84. The normalized spacial score (nSPS) is 12.4. The molecule has 0 saturated heterocycles. The van der Waals surface area contributed by atoms with Crippen LogP contribution in [0, 0.1) is 0 Å². The van der Waals surface area contributed by atoms with Gasteiger partial charge in [0.1, 0.15) is 5.75 Å². The van der Waals surface area contributed by atoms with E-state index in [0.29, 0.717) is 11.6 Å². The maximum Gasteiger partial charge on any atom is 0.120 e. The van der Waals surface area contributed by atoms with Crippen molar-refractivity contribution >= 4 is 11.6 Å². The quantitative estimate of drug-likeness (QED) is 0.751. The minimum absolute atomic E-state index is 0.0618. The Morgan fingerprint density at radius 1 is 1.64 bits per heavy atom. The van der Waals surface area contributed by atoms with Crippen LogP contribution in [0.15, 0.2) is 30.9 Å². The van der Waals surface area contributed by atoms with Crippen LogP contribution in [-0.2, 0) is 0 Å². The molecule has 0 heterocycles. The van der Waals surface area contributed by atoms with E-state index in [0.717, 1.165) is 5.56 Å². The van der Waals surface area contributed by atoms with Crippen molar-refractivity contribution in [2.24, 2.45) is 0 Å². The van der Waals surface area contributed by atoms with Crippen LogP contribution in [0.3, 0.4) is 0 Å². The highest BCUT2D eigenvalue weighted by Gasteiger charge is 2.09. The summed E-state index contributed by atoms with van der Waals surface area (Å²) in [5, 5.41) is 13.4. The lowest BCUT2D eigenvalue weighted by atomic mass is 10.1. The van der Waals surface area contributed by atoms with E-state index in [4.69, 9.17) is 11.6 Å². The van der Waals surface area contributed by atoms with Gasteiger partial charge in [0.2, 0.25) is 0 Å². The van der Waals surface area contributed by atoms with Crippen molar-refractivity contribution in [2.75, 3.05) is 6.54 Å². The van der Waals surface area contributed by atoms with E-state index in [9.17, 15) is 5.11 Å². The second-order valence-electron chi connectivity index (χ2n) is 3.12. The van der Waals surface area contributed by atoms with Gasteiger partial charge in [0.05, 0.1) is 0 Å². The molecule has 0 aromatic heterocycles. The Balaban J connectivity index is 2.82. The molecule has 1 rings (SSSR count). The third-order valence-electron chi connectivity index (χ3n) is 2.02. The number of hydrogen-bond acceptors (Lipinski definition) is 2. The minimum atomic E-state index is 0.0618. The summed E-state index contributed by atoms with van der Waals surface area (Å²) in [6.07, 6.45) is 1.78. The van der Waals surface area contributed by atoms with Crippen molar-refractivity contribution in [1.82, 2.24) is 5.32 Å². The highest BCUT2D eigenvalue weighted by Crippen LogP contribution is 2.26. The fourth-order valence-corrected chi connectivity index (χ4v) is 1.42. The minimum Gasteiger partial charge on any atom is -0.508 e. The molecule has 0 aliphatic rings. The Hall–Kier alpha value is -0.990. The Bertz CT molecular complexity index is 325. The first kappa shape index (κ1) is 11.1. The number of benzene rings is 1. The summed E-state index contributed by atoms with van der Waals surface area (Å²) in [6, 6.07) is 5.09. The Morgan fingerprint density at radius 2 is 2.36 bits per heavy atom. The molecule has 0 amide bonds. The highest BCUT2D eigenvalue weighted by atomic mass is 35.5. The molecule has 1 aromatic carbocycles. The van der Waals surface area contributed by atoms with Crippen LogP contribution in [0.2, 0.25) is 5.02 Å². The molecule has 14 heavy (non-hydrogen) atoms. The maximum absolute atomic E-state index is 9.58. The average Bonchev–Trinajstić information content (AvgIpc) is 2.18. The fourth-order valence-electron chi connectivity index (χ4n) is 1.24. The van der Waals surface area contributed by atoms with Crippen LogP contribution < -0.4 is 5.32 Å². The fraction of sp³-hybridized carbons (Fsp3) is 0.273. The zero-order valence-electron chi connectivity index (χ0n) is 8.13. The first-order valence-electron chi connectivity index (χ1n) is 4.48. The lowest BCUT2D eigenvalue weighted by molar-refractivity contribution is 0.456. The van der Waals surface area contributed by atoms with E-state index in [1.54, 1.807) is 24.3 Å². The van der Waals surface area contributed by atoms with Gasteiger partial charge in [0.15, 0.2) is 0 Å². The molecule has 0 saturated carbocycles. The monoisotopic (exact) mass is 211 g/mol. The van der Waals surface area contributed by atoms with E-state index in [1.807, 2.05) is 6.92 Å². The van der Waals surface area contributed by atoms with Crippen molar-refractivity contribution in [3.05, 3.63) is 41.4 Å². The van der Waals surface area contributed by atoms with Crippen LogP contribution in [0.25, 0.3) is 0 Å². The van der Waals surface area contributed by atoms with Gasteiger partial charge in [0, 0.05) is 23.2 Å². The zero-order valence-corrected chi connectivity index (χ0v) is 8.88. The first-order valence-corrected chi connectivity index (χ1v) is 4.85. The lowest BCUT2D eigenvalue weighted by Crippen LogP contribution is -2.18. The summed E-state index contributed by atoms with van der Waals surface area (Å²) in [6.45, 7) is 6.28. The molecule has 0 fully saturated rings. The summed E-state index contributed by atoms with van der Waals surface area (Å²) in [5.74, 6) is 0.262. The van der Waals surface area contributed by atoms with Crippen LogP contribution in [0.5, 0.6) is 5.75 Å². The SMILES string of the molecule is C=CCNC(C)c1cc(Cl)ccc1O. The molecule has 2 nitrogen and oxygen atoms in total. The third kappa shape index (κ3) is 2.76. The van der Waals surface area contributed by atoms with Gasteiger partial charge in [-0.3, -0.25) is 0 Å². The second kappa shape index (κ2) is 5.03. The van der Waals surface area contributed by atoms with Crippen molar-refractivity contribution in [2.45, 2.75) is 13.0 Å². The van der Waals surface area contributed by atoms with Gasteiger partial charge in [-0.15, -0.1) is 6.58 Å². The number of rotatable bonds is 4. The van der Waals surface area contributed by atoms with Gasteiger partial charge >= 0.3 is 0 Å². The van der Waals surface area contributed by atoms with Crippen molar-refractivity contribution in [3.8, 4) is 5.75 Å². The first-order chi connectivity index (χ1) is 6.65. The number of hydrogen-bond donors (Lipinski definition) is 2. The number of nitrogens with one attached hydrogen (secondary N) is 1. The van der Waals surface area contributed by atoms with Gasteiger partial charge in [0.25, 0.3) is 0 Å². The second-order valence-corrected chi connectivity index (χ2v) is 3.56. The molecular weight excluding hydrogens is 198 g/mol. The smallest absolute Gasteiger partial charge is 0.120 e. The number of phenols is 1. The van der Waals surface area contributed by atoms with E-state index in [2.05, 4.69) is 11.9 Å². The molecule has 3 heteroatoms. The molecule has 1 aromatic rings. The molecule has 0 aliphatic carbocycles. The van der Waals surface area contributed by atoms with Crippen molar-refractivity contribution in [1.29, 1.82) is 0 Å². The van der Waals surface area contributed by atoms with Crippen molar-refractivity contribution < 1.29 is 5.11 Å². The topological polar surface area (TPSA) is 32.3 Å². The number of phenolic OH excluding ortho intramolecular Hbond substituents is 1. The standard InChI is InChI=1S/C11H14ClNO/c1-3-6-13-8(2)10-7-9(12)4-5-11(10)14/h3-5,7-8,13-14H,1,6H2,2H3. The van der Waals surface area contributed by atoms with Gasteiger partial charge in [-0.1, -0.05) is 17.7 Å². The predicted molar refractivity (Wildman–Crippen MR) is 59.7 cm³/mol. The molecule has 1 atom stereocenters. The lowest BCUT2D eigenvalue weighted by Gasteiger charge is -2.14. The van der Waals surface area contributed by atoms with E-state index in [-0.39, 0.29) is 11.8 Å². The largest absolute Gasteiger partial charge is 0.508 e. The molecule has 0 bridgehead atoms. The summed E-state index contributed by atoms with van der Waals surface area (Å²) < 4.78 is 0. The molecule has 0 spiro atoms. The summed E-state index contributed by atoms with van der Waals surface area (Å²) in [4.78, 5) is 0. The van der Waals surface area contributed by atoms with Crippen LogP contribution in [-0.4, -0.2) is 11.7 Å². The maximum atomic E-state index is 9.58. The summed E-state index contributed by atoms with van der Waals surface area (Å²) in [5.41, 5.74) is 0.805. The van der Waals surface area contributed by atoms with E-state index >= 15 is 0 Å². The Morgan fingerprint density at radius 3 is 3.00 bits per heavy atom. The molecule has 0 aliphatic heterocycles. The van der Waals surface area contributed by atoms with Gasteiger partial charge in [-0.2, -0.15) is 0 Å². The third-order valence-corrected chi connectivity index (χ3v) is 2.26.